The smallest absolute Gasteiger partial charge is 0.244 e. The molecule has 1 unspecified atom stereocenters. The van der Waals surface area contributed by atoms with Crippen LogP contribution in [-0.2, 0) is 4.79 Å². The third kappa shape index (κ3) is 5.84. The summed E-state index contributed by atoms with van der Waals surface area (Å²) in [6.07, 6.45) is 4.32. The summed E-state index contributed by atoms with van der Waals surface area (Å²) in [5.74, 6) is -0.371. The first-order valence-electron chi connectivity index (χ1n) is 6.58. The van der Waals surface area contributed by atoms with Crippen LogP contribution in [0.25, 0.3) is 6.08 Å². The third-order valence-electron chi connectivity index (χ3n) is 3.05. The molecule has 1 aromatic rings. The normalized spacial score (nSPS) is 12.6. The summed E-state index contributed by atoms with van der Waals surface area (Å²) < 4.78 is 14.2. The summed E-state index contributed by atoms with van der Waals surface area (Å²) in [4.78, 5) is 11.6. The van der Waals surface area contributed by atoms with Crippen LogP contribution in [0.5, 0.6) is 0 Å². The van der Waals surface area contributed by atoms with Crippen LogP contribution in [0.1, 0.15) is 25.3 Å². The van der Waals surface area contributed by atoms with Crippen LogP contribution in [0.15, 0.2) is 28.7 Å². The Labute approximate surface area is 127 Å². The van der Waals surface area contributed by atoms with E-state index in [-0.39, 0.29) is 24.2 Å². The SMILES string of the molecule is CCC(CCO)CNC(=O)/C=C/c1cc(Br)ccc1F. The summed E-state index contributed by atoms with van der Waals surface area (Å²) in [7, 11) is 0. The molecule has 0 aliphatic carbocycles. The number of amides is 1. The Morgan fingerprint density at radius 3 is 2.95 bits per heavy atom. The van der Waals surface area contributed by atoms with E-state index >= 15 is 0 Å². The Kier molecular flexibility index (Phi) is 7.47. The Balaban J connectivity index is 2.53. The number of aliphatic hydroxyl groups is 1. The Bertz CT molecular complexity index is 477. The third-order valence-corrected chi connectivity index (χ3v) is 3.55. The molecule has 5 heteroatoms. The van der Waals surface area contributed by atoms with Crippen LogP contribution >= 0.6 is 15.9 Å². The van der Waals surface area contributed by atoms with E-state index in [9.17, 15) is 9.18 Å². The van der Waals surface area contributed by atoms with Crippen molar-refractivity contribution in [1.82, 2.24) is 5.32 Å². The minimum Gasteiger partial charge on any atom is -0.396 e. The lowest BCUT2D eigenvalue weighted by Gasteiger charge is -2.13. The largest absolute Gasteiger partial charge is 0.396 e. The molecule has 0 bridgehead atoms. The van der Waals surface area contributed by atoms with E-state index < -0.39 is 0 Å². The molecule has 0 spiro atoms. The van der Waals surface area contributed by atoms with Gasteiger partial charge < -0.3 is 10.4 Å². The molecule has 1 atom stereocenters. The lowest BCUT2D eigenvalue weighted by Crippen LogP contribution is -2.28. The Morgan fingerprint density at radius 2 is 2.30 bits per heavy atom. The number of carbonyl (C=O) groups is 1. The van der Waals surface area contributed by atoms with E-state index in [1.165, 1.54) is 18.2 Å². The van der Waals surface area contributed by atoms with Crippen LogP contribution in [0.3, 0.4) is 0 Å². The number of carbonyl (C=O) groups excluding carboxylic acids is 1. The minimum absolute atomic E-state index is 0.119. The molecule has 2 N–H and O–H groups in total. The summed E-state index contributed by atoms with van der Waals surface area (Å²) in [5.41, 5.74) is 0.358. The molecular formula is C15H19BrFNO2. The standard InChI is InChI=1S/C15H19BrFNO2/c1-2-11(7-8-19)10-18-15(20)6-3-12-9-13(16)4-5-14(12)17/h3-6,9,11,19H,2,7-8,10H2,1H3,(H,18,20)/b6-3+. The predicted molar refractivity (Wildman–Crippen MR) is 81.6 cm³/mol. The predicted octanol–water partition coefficient (Wildman–Crippen LogP) is 3.13. The lowest BCUT2D eigenvalue weighted by molar-refractivity contribution is -0.116. The first-order valence-corrected chi connectivity index (χ1v) is 7.38. The molecule has 0 heterocycles. The van der Waals surface area contributed by atoms with Crippen molar-refractivity contribution in [3.63, 3.8) is 0 Å². The van der Waals surface area contributed by atoms with Gasteiger partial charge >= 0.3 is 0 Å². The highest BCUT2D eigenvalue weighted by Gasteiger charge is 2.06. The molecule has 0 aliphatic rings. The summed E-state index contributed by atoms with van der Waals surface area (Å²) in [6, 6.07) is 4.56. The topological polar surface area (TPSA) is 49.3 Å². The van der Waals surface area contributed by atoms with Crippen molar-refractivity contribution in [2.24, 2.45) is 5.92 Å². The van der Waals surface area contributed by atoms with E-state index in [4.69, 9.17) is 5.11 Å². The highest BCUT2D eigenvalue weighted by Crippen LogP contribution is 2.16. The highest BCUT2D eigenvalue weighted by atomic mass is 79.9. The quantitative estimate of drug-likeness (QED) is 0.747. The molecule has 1 amide bonds. The van der Waals surface area contributed by atoms with Crippen molar-refractivity contribution in [2.45, 2.75) is 19.8 Å². The lowest BCUT2D eigenvalue weighted by atomic mass is 10.0. The number of nitrogens with one attached hydrogen (secondary N) is 1. The van der Waals surface area contributed by atoms with E-state index in [0.29, 0.717) is 18.5 Å². The second-order valence-electron chi connectivity index (χ2n) is 4.53. The monoisotopic (exact) mass is 343 g/mol. The van der Waals surface area contributed by atoms with Crippen molar-refractivity contribution >= 4 is 27.9 Å². The minimum atomic E-state index is -0.371. The fourth-order valence-electron chi connectivity index (χ4n) is 1.74. The van der Waals surface area contributed by atoms with Crippen molar-refractivity contribution in [3.05, 3.63) is 40.1 Å². The van der Waals surface area contributed by atoms with Crippen LogP contribution in [0.4, 0.5) is 4.39 Å². The Hall–Kier alpha value is -1.20. The van der Waals surface area contributed by atoms with Crippen LogP contribution in [0.2, 0.25) is 0 Å². The molecule has 110 valence electrons. The number of benzene rings is 1. The van der Waals surface area contributed by atoms with Crippen molar-refractivity contribution in [2.75, 3.05) is 13.2 Å². The zero-order valence-corrected chi connectivity index (χ0v) is 13.0. The molecule has 0 aliphatic heterocycles. The molecule has 1 aromatic carbocycles. The fraction of sp³-hybridized carbons (Fsp3) is 0.400. The molecular weight excluding hydrogens is 325 g/mol. The fourth-order valence-corrected chi connectivity index (χ4v) is 2.12. The average Bonchev–Trinajstić information content (AvgIpc) is 2.44. The van der Waals surface area contributed by atoms with E-state index in [1.807, 2.05) is 6.92 Å². The first-order chi connectivity index (χ1) is 9.56. The van der Waals surface area contributed by atoms with E-state index in [2.05, 4.69) is 21.2 Å². The van der Waals surface area contributed by atoms with Gasteiger partial charge in [0.1, 0.15) is 5.82 Å². The first kappa shape index (κ1) is 16.9. The van der Waals surface area contributed by atoms with Gasteiger partial charge in [-0.1, -0.05) is 29.3 Å². The van der Waals surface area contributed by atoms with Crippen molar-refractivity contribution in [3.8, 4) is 0 Å². The maximum atomic E-state index is 13.5. The van der Waals surface area contributed by atoms with Crippen molar-refractivity contribution < 1.29 is 14.3 Å². The highest BCUT2D eigenvalue weighted by molar-refractivity contribution is 9.10. The van der Waals surface area contributed by atoms with E-state index in [0.717, 1.165) is 10.9 Å². The van der Waals surface area contributed by atoms with Gasteiger partial charge in [-0.2, -0.15) is 0 Å². The number of hydrogen-bond donors (Lipinski definition) is 2. The molecule has 0 saturated carbocycles. The zero-order chi connectivity index (χ0) is 15.0. The second-order valence-corrected chi connectivity index (χ2v) is 5.45. The van der Waals surface area contributed by atoms with Gasteiger partial charge in [-0.05, 0) is 36.6 Å². The molecule has 20 heavy (non-hydrogen) atoms. The van der Waals surface area contributed by atoms with Gasteiger partial charge in [0.25, 0.3) is 0 Å². The number of rotatable bonds is 7. The molecule has 1 rings (SSSR count). The van der Waals surface area contributed by atoms with E-state index in [1.54, 1.807) is 12.1 Å². The second kappa shape index (κ2) is 8.87. The van der Waals surface area contributed by atoms with Gasteiger partial charge in [0.05, 0.1) is 0 Å². The molecule has 0 radical (unpaired) electrons. The number of aliphatic hydroxyl groups excluding tert-OH is 1. The summed E-state index contributed by atoms with van der Waals surface area (Å²) >= 11 is 3.25. The van der Waals surface area contributed by atoms with Crippen LogP contribution in [-0.4, -0.2) is 24.2 Å². The van der Waals surface area contributed by atoms with Gasteiger partial charge in [0.2, 0.25) is 5.91 Å². The molecule has 0 saturated heterocycles. The van der Waals surface area contributed by atoms with Gasteiger partial charge in [-0.15, -0.1) is 0 Å². The van der Waals surface area contributed by atoms with Gasteiger partial charge in [-0.25, -0.2) is 4.39 Å². The maximum Gasteiger partial charge on any atom is 0.244 e. The van der Waals surface area contributed by atoms with Gasteiger partial charge in [-0.3, -0.25) is 4.79 Å². The number of halogens is 2. The van der Waals surface area contributed by atoms with Crippen LogP contribution in [0, 0.1) is 11.7 Å². The zero-order valence-electron chi connectivity index (χ0n) is 11.4. The van der Waals surface area contributed by atoms with Crippen LogP contribution < -0.4 is 5.32 Å². The molecule has 0 aromatic heterocycles. The summed E-state index contributed by atoms with van der Waals surface area (Å²) in [6.45, 7) is 2.65. The maximum absolute atomic E-state index is 13.5. The summed E-state index contributed by atoms with van der Waals surface area (Å²) in [5, 5.41) is 11.6. The van der Waals surface area contributed by atoms with Gasteiger partial charge in [0.15, 0.2) is 0 Å². The Morgan fingerprint density at radius 1 is 1.55 bits per heavy atom. The number of hydrogen-bond acceptors (Lipinski definition) is 2. The van der Waals surface area contributed by atoms with Crippen molar-refractivity contribution in [1.29, 1.82) is 0 Å². The molecule has 3 nitrogen and oxygen atoms in total. The molecule has 0 fully saturated rings. The van der Waals surface area contributed by atoms with Gasteiger partial charge in [0, 0.05) is 29.3 Å². The average molecular weight is 344 g/mol.